The van der Waals surface area contributed by atoms with Crippen LogP contribution in [0.1, 0.15) is 42.1 Å². The highest BCUT2D eigenvalue weighted by atomic mass is 16.5. The first-order chi connectivity index (χ1) is 8.72. The molecule has 1 aliphatic heterocycles. The lowest BCUT2D eigenvalue weighted by molar-refractivity contribution is 0.0793. The second-order valence-corrected chi connectivity index (χ2v) is 4.85. The van der Waals surface area contributed by atoms with E-state index in [2.05, 4.69) is 6.92 Å². The van der Waals surface area contributed by atoms with Gasteiger partial charge in [-0.05, 0) is 43.0 Å². The number of ether oxygens (including phenoxy) is 1. The number of carbonyl (C=O) groups is 1. The first-order valence-electron chi connectivity index (χ1n) is 6.73. The third-order valence-corrected chi connectivity index (χ3v) is 3.35. The molecule has 0 radical (unpaired) electrons. The zero-order valence-electron chi connectivity index (χ0n) is 11.2. The molecule has 1 amide bonds. The number of rotatable bonds is 4. The molecule has 0 bridgehead atoms. The molecule has 2 rings (SSSR count). The molecule has 0 spiro atoms. The molecule has 3 nitrogen and oxygen atoms in total. The van der Waals surface area contributed by atoms with Crippen LogP contribution < -0.4 is 4.74 Å². The molecule has 1 aromatic carbocycles. The van der Waals surface area contributed by atoms with Gasteiger partial charge in [0, 0.05) is 19.2 Å². The number of aryl methyl sites for hydroxylation is 1. The zero-order chi connectivity index (χ0) is 13.0. The number of benzene rings is 1. The lowest BCUT2D eigenvalue weighted by Crippen LogP contribution is -2.27. The van der Waals surface area contributed by atoms with Crippen molar-refractivity contribution in [2.45, 2.75) is 32.6 Å². The predicted molar refractivity (Wildman–Crippen MR) is 72.1 cm³/mol. The van der Waals surface area contributed by atoms with Crippen LogP contribution in [0.3, 0.4) is 0 Å². The van der Waals surface area contributed by atoms with Crippen LogP contribution >= 0.6 is 0 Å². The fourth-order valence-electron chi connectivity index (χ4n) is 2.21. The normalized spacial score (nSPS) is 13.7. The number of carbonyl (C=O) groups excluding carboxylic acids is 1. The van der Waals surface area contributed by atoms with E-state index in [4.69, 9.17) is 4.74 Å². The lowest BCUT2D eigenvalue weighted by atomic mass is 10.0. The smallest absolute Gasteiger partial charge is 0.253 e. The lowest BCUT2D eigenvalue weighted by Gasteiger charge is -2.20. The fourth-order valence-corrected chi connectivity index (χ4v) is 2.21. The minimum Gasteiger partial charge on any atom is -0.493 e. The number of nitrogens with zero attached hydrogens (tertiary/aromatic N) is 1. The van der Waals surface area contributed by atoms with Crippen molar-refractivity contribution in [2.24, 2.45) is 0 Å². The Morgan fingerprint density at radius 1 is 1.44 bits per heavy atom. The van der Waals surface area contributed by atoms with E-state index in [9.17, 15) is 4.79 Å². The molecule has 0 fully saturated rings. The van der Waals surface area contributed by atoms with Crippen molar-refractivity contribution in [3.05, 3.63) is 29.3 Å². The monoisotopic (exact) mass is 247 g/mol. The standard InChI is InChI=1S/C15H21NO2/c1-3-4-9-16(2)15(17)13-7-8-14-12(11-13)6-5-10-18-14/h7-8,11H,3-6,9-10H2,1-2H3. The molecule has 0 aromatic heterocycles. The number of unbranched alkanes of at least 4 members (excludes halogenated alkanes) is 1. The van der Waals surface area contributed by atoms with Gasteiger partial charge in [-0.3, -0.25) is 4.79 Å². The summed E-state index contributed by atoms with van der Waals surface area (Å²) in [6.45, 7) is 3.74. The van der Waals surface area contributed by atoms with Gasteiger partial charge in [0.25, 0.3) is 5.91 Å². The summed E-state index contributed by atoms with van der Waals surface area (Å²) >= 11 is 0. The second-order valence-electron chi connectivity index (χ2n) is 4.85. The third kappa shape index (κ3) is 2.84. The first-order valence-corrected chi connectivity index (χ1v) is 6.73. The molecule has 18 heavy (non-hydrogen) atoms. The molecule has 3 heteroatoms. The van der Waals surface area contributed by atoms with Crippen LogP contribution in [0, 0.1) is 0 Å². The summed E-state index contributed by atoms with van der Waals surface area (Å²) in [4.78, 5) is 14.0. The van der Waals surface area contributed by atoms with Crippen LogP contribution in [0.4, 0.5) is 0 Å². The fraction of sp³-hybridized carbons (Fsp3) is 0.533. The van der Waals surface area contributed by atoms with E-state index in [1.54, 1.807) is 4.90 Å². The van der Waals surface area contributed by atoms with E-state index >= 15 is 0 Å². The van der Waals surface area contributed by atoms with Crippen molar-refractivity contribution in [1.29, 1.82) is 0 Å². The van der Waals surface area contributed by atoms with E-state index in [1.165, 1.54) is 0 Å². The molecule has 0 unspecified atom stereocenters. The minimum atomic E-state index is 0.108. The number of hydrogen-bond acceptors (Lipinski definition) is 2. The Hall–Kier alpha value is -1.51. The van der Waals surface area contributed by atoms with Crippen molar-refractivity contribution in [3.63, 3.8) is 0 Å². The van der Waals surface area contributed by atoms with E-state index in [0.717, 1.165) is 55.7 Å². The van der Waals surface area contributed by atoms with Gasteiger partial charge in [-0.25, -0.2) is 0 Å². The quantitative estimate of drug-likeness (QED) is 0.818. The number of amides is 1. The molecule has 98 valence electrons. The topological polar surface area (TPSA) is 29.5 Å². The summed E-state index contributed by atoms with van der Waals surface area (Å²) in [7, 11) is 1.87. The maximum absolute atomic E-state index is 12.2. The average Bonchev–Trinajstić information content (AvgIpc) is 2.43. The number of fused-ring (bicyclic) bond motifs is 1. The molecule has 0 N–H and O–H groups in total. The Kier molecular flexibility index (Phi) is 4.24. The first kappa shape index (κ1) is 12.9. The van der Waals surface area contributed by atoms with Crippen LogP contribution in [0.25, 0.3) is 0 Å². The van der Waals surface area contributed by atoms with E-state index in [-0.39, 0.29) is 5.91 Å². The van der Waals surface area contributed by atoms with Gasteiger partial charge in [0.15, 0.2) is 0 Å². The molecule has 1 aliphatic rings. The van der Waals surface area contributed by atoms with Crippen molar-refractivity contribution >= 4 is 5.91 Å². The van der Waals surface area contributed by atoms with Gasteiger partial charge in [0.2, 0.25) is 0 Å². The van der Waals surface area contributed by atoms with Crippen LogP contribution in [0.15, 0.2) is 18.2 Å². The van der Waals surface area contributed by atoms with Gasteiger partial charge in [-0.15, -0.1) is 0 Å². The molecule has 0 saturated heterocycles. The summed E-state index contributed by atoms with van der Waals surface area (Å²) in [6.07, 6.45) is 4.21. The molecular weight excluding hydrogens is 226 g/mol. The largest absolute Gasteiger partial charge is 0.493 e. The molecular formula is C15H21NO2. The molecule has 1 aromatic rings. The highest BCUT2D eigenvalue weighted by molar-refractivity contribution is 5.94. The molecule has 0 aliphatic carbocycles. The summed E-state index contributed by atoms with van der Waals surface area (Å²) in [6, 6.07) is 5.78. The van der Waals surface area contributed by atoms with E-state index in [1.807, 2.05) is 25.2 Å². The summed E-state index contributed by atoms with van der Waals surface area (Å²) in [5.74, 6) is 1.05. The van der Waals surface area contributed by atoms with Gasteiger partial charge in [0.1, 0.15) is 5.75 Å². The van der Waals surface area contributed by atoms with Crippen molar-refractivity contribution < 1.29 is 9.53 Å². The molecule has 0 saturated carbocycles. The Labute approximate surface area is 109 Å². The van der Waals surface area contributed by atoms with Crippen LogP contribution in [0.2, 0.25) is 0 Å². The summed E-state index contributed by atoms with van der Waals surface area (Å²) < 4.78 is 5.56. The van der Waals surface area contributed by atoms with E-state index < -0.39 is 0 Å². The number of hydrogen-bond donors (Lipinski definition) is 0. The van der Waals surface area contributed by atoms with E-state index in [0.29, 0.717) is 0 Å². The van der Waals surface area contributed by atoms with Gasteiger partial charge >= 0.3 is 0 Å². The predicted octanol–water partition coefficient (Wildman–Crippen LogP) is 2.88. The Morgan fingerprint density at radius 2 is 2.28 bits per heavy atom. The van der Waals surface area contributed by atoms with Crippen molar-refractivity contribution in [1.82, 2.24) is 4.90 Å². The van der Waals surface area contributed by atoms with Gasteiger partial charge < -0.3 is 9.64 Å². The van der Waals surface area contributed by atoms with Crippen molar-refractivity contribution in [3.8, 4) is 5.75 Å². The van der Waals surface area contributed by atoms with Crippen molar-refractivity contribution in [2.75, 3.05) is 20.2 Å². The highest BCUT2D eigenvalue weighted by Crippen LogP contribution is 2.25. The van der Waals surface area contributed by atoms with Gasteiger partial charge in [-0.2, -0.15) is 0 Å². The van der Waals surface area contributed by atoms with Crippen LogP contribution in [-0.4, -0.2) is 31.0 Å². The van der Waals surface area contributed by atoms with Crippen LogP contribution in [-0.2, 0) is 6.42 Å². The van der Waals surface area contributed by atoms with Crippen LogP contribution in [0.5, 0.6) is 5.75 Å². The Balaban J connectivity index is 2.10. The maximum Gasteiger partial charge on any atom is 0.253 e. The SMILES string of the molecule is CCCCN(C)C(=O)c1ccc2c(c1)CCCO2. The highest BCUT2D eigenvalue weighted by Gasteiger charge is 2.15. The van der Waals surface area contributed by atoms with Gasteiger partial charge in [-0.1, -0.05) is 13.3 Å². The minimum absolute atomic E-state index is 0.108. The van der Waals surface area contributed by atoms with Gasteiger partial charge in [0.05, 0.1) is 6.61 Å². The molecule has 0 atom stereocenters. The summed E-state index contributed by atoms with van der Waals surface area (Å²) in [5.41, 5.74) is 1.94. The Morgan fingerprint density at radius 3 is 3.06 bits per heavy atom. The second kappa shape index (κ2) is 5.89. The third-order valence-electron chi connectivity index (χ3n) is 3.35. The Bertz CT molecular complexity index is 429. The molecule has 1 heterocycles. The summed E-state index contributed by atoms with van der Waals surface area (Å²) in [5, 5.41) is 0. The zero-order valence-corrected chi connectivity index (χ0v) is 11.2. The maximum atomic E-state index is 12.2. The average molecular weight is 247 g/mol.